The molecule has 2 aromatic rings. The molecular weight excluding hydrogens is 346 g/mol. The molecule has 22 heavy (non-hydrogen) atoms. The zero-order chi connectivity index (χ0) is 15.9. The average molecular weight is 362 g/mol. The Labute approximate surface area is 137 Å². The third-order valence-electron chi connectivity index (χ3n) is 3.14. The molecule has 2 aromatic carbocycles. The third kappa shape index (κ3) is 3.95. The third-order valence-corrected chi connectivity index (χ3v) is 3.63. The van der Waals surface area contributed by atoms with Crippen LogP contribution < -0.4 is 9.64 Å². The van der Waals surface area contributed by atoms with Crippen LogP contribution in [0.5, 0.6) is 5.75 Å². The summed E-state index contributed by atoms with van der Waals surface area (Å²) in [4.78, 5) is 25.0. The van der Waals surface area contributed by atoms with E-state index < -0.39 is 0 Å². The van der Waals surface area contributed by atoms with Gasteiger partial charge >= 0.3 is 0 Å². The van der Waals surface area contributed by atoms with E-state index in [4.69, 9.17) is 4.74 Å². The van der Waals surface area contributed by atoms with Crippen LogP contribution in [-0.2, 0) is 4.79 Å². The predicted molar refractivity (Wildman–Crippen MR) is 89.5 cm³/mol. The fraction of sp³-hybridized carbons (Fsp3) is 0.176. The molecule has 114 valence electrons. The molecule has 0 spiro atoms. The highest BCUT2D eigenvalue weighted by Crippen LogP contribution is 2.22. The number of hydrogen-bond donors (Lipinski definition) is 0. The lowest BCUT2D eigenvalue weighted by Gasteiger charge is -2.21. The Morgan fingerprint density at radius 2 is 1.95 bits per heavy atom. The quantitative estimate of drug-likeness (QED) is 0.737. The Hall–Kier alpha value is -2.14. The van der Waals surface area contributed by atoms with E-state index in [9.17, 15) is 9.59 Å². The van der Waals surface area contributed by atoms with Crippen molar-refractivity contribution in [1.82, 2.24) is 0 Å². The minimum Gasteiger partial charge on any atom is -0.483 e. The number of para-hydroxylation sites is 1. The molecule has 4 nitrogen and oxygen atoms in total. The van der Waals surface area contributed by atoms with Crippen molar-refractivity contribution in [3.63, 3.8) is 0 Å². The molecule has 0 aromatic heterocycles. The average Bonchev–Trinajstić information content (AvgIpc) is 2.55. The highest BCUT2D eigenvalue weighted by atomic mass is 79.9. The van der Waals surface area contributed by atoms with Crippen molar-refractivity contribution in [2.75, 3.05) is 18.1 Å². The molecule has 0 saturated carbocycles. The van der Waals surface area contributed by atoms with Crippen molar-refractivity contribution in [3.05, 3.63) is 58.6 Å². The molecule has 1 amide bonds. The zero-order valence-electron chi connectivity index (χ0n) is 12.2. The van der Waals surface area contributed by atoms with Gasteiger partial charge in [0.25, 0.3) is 5.91 Å². The van der Waals surface area contributed by atoms with Crippen LogP contribution in [0.1, 0.15) is 17.3 Å². The first-order valence-corrected chi connectivity index (χ1v) is 7.68. The fourth-order valence-electron chi connectivity index (χ4n) is 2.07. The van der Waals surface area contributed by atoms with Gasteiger partial charge in [-0.15, -0.1) is 0 Å². The van der Waals surface area contributed by atoms with Crippen LogP contribution in [0, 0.1) is 0 Å². The summed E-state index contributed by atoms with van der Waals surface area (Å²) < 4.78 is 6.29. The highest BCUT2D eigenvalue weighted by molar-refractivity contribution is 9.10. The summed E-state index contributed by atoms with van der Waals surface area (Å²) in [5.41, 5.74) is 1.23. The maximum Gasteiger partial charge on any atom is 0.264 e. The lowest BCUT2D eigenvalue weighted by Crippen LogP contribution is -2.34. The van der Waals surface area contributed by atoms with Gasteiger partial charge in [-0.3, -0.25) is 9.59 Å². The molecule has 0 unspecified atom stereocenters. The Balaban J connectivity index is 2.07. The zero-order valence-corrected chi connectivity index (χ0v) is 13.7. The topological polar surface area (TPSA) is 46.6 Å². The minimum atomic E-state index is -0.159. The standard InChI is InChI=1S/C17H16BrNO3/c1-2-19(15-6-4-3-5-7-15)17(21)12-22-16-9-8-14(18)10-13(16)11-20/h3-11H,2,12H2,1H3. The van der Waals surface area contributed by atoms with Crippen molar-refractivity contribution in [2.24, 2.45) is 0 Å². The van der Waals surface area contributed by atoms with Crippen LogP contribution in [0.4, 0.5) is 5.69 Å². The Kier molecular flexibility index (Phi) is 5.72. The molecule has 0 heterocycles. The molecule has 0 N–H and O–H groups in total. The van der Waals surface area contributed by atoms with Crippen molar-refractivity contribution in [2.45, 2.75) is 6.92 Å². The van der Waals surface area contributed by atoms with Gasteiger partial charge in [0.15, 0.2) is 12.9 Å². The number of aldehydes is 1. The van der Waals surface area contributed by atoms with Crippen molar-refractivity contribution in [1.29, 1.82) is 0 Å². The van der Waals surface area contributed by atoms with Gasteiger partial charge in [-0.2, -0.15) is 0 Å². The summed E-state index contributed by atoms with van der Waals surface area (Å²) in [6.45, 7) is 2.33. The van der Waals surface area contributed by atoms with E-state index in [1.807, 2.05) is 37.3 Å². The first-order chi connectivity index (χ1) is 10.7. The second-order valence-corrected chi connectivity index (χ2v) is 5.48. The van der Waals surface area contributed by atoms with E-state index in [1.54, 1.807) is 23.1 Å². The van der Waals surface area contributed by atoms with Gasteiger partial charge in [0, 0.05) is 16.7 Å². The second kappa shape index (κ2) is 7.75. The first kappa shape index (κ1) is 16.2. The maximum atomic E-state index is 12.3. The highest BCUT2D eigenvalue weighted by Gasteiger charge is 2.15. The molecule has 0 saturated heterocycles. The van der Waals surface area contributed by atoms with E-state index in [2.05, 4.69) is 15.9 Å². The lowest BCUT2D eigenvalue weighted by molar-refractivity contribution is -0.120. The summed E-state index contributed by atoms with van der Waals surface area (Å²) in [5.74, 6) is 0.240. The normalized spacial score (nSPS) is 10.1. The molecule has 2 rings (SSSR count). The van der Waals surface area contributed by atoms with Gasteiger partial charge in [0.2, 0.25) is 0 Å². The van der Waals surface area contributed by atoms with Gasteiger partial charge in [-0.1, -0.05) is 34.1 Å². The number of anilines is 1. The summed E-state index contributed by atoms with van der Waals surface area (Å²) in [6.07, 6.45) is 0.708. The molecule has 5 heteroatoms. The van der Waals surface area contributed by atoms with E-state index in [0.717, 1.165) is 10.2 Å². The summed E-state index contributed by atoms with van der Waals surface area (Å²) >= 11 is 3.29. The van der Waals surface area contributed by atoms with Crippen LogP contribution >= 0.6 is 15.9 Å². The molecule has 0 atom stereocenters. The summed E-state index contributed by atoms with van der Waals surface area (Å²) in [5, 5.41) is 0. The number of likely N-dealkylation sites (N-methyl/N-ethyl adjacent to an activating group) is 1. The van der Waals surface area contributed by atoms with Crippen LogP contribution in [0.25, 0.3) is 0 Å². The summed E-state index contributed by atoms with van der Waals surface area (Å²) in [7, 11) is 0. The number of halogens is 1. The largest absolute Gasteiger partial charge is 0.483 e. The number of carbonyl (C=O) groups excluding carboxylic acids is 2. The number of benzene rings is 2. The van der Waals surface area contributed by atoms with Gasteiger partial charge in [-0.25, -0.2) is 0 Å². The summed E-state index contributed by atoms with van der Waals surface area (Å²) in [6, 6.07) is 14.5. The molecule has 0 aliphatic carbocycles. The van der Waals surface area contributed by atoms with Crippen molar-refractivity contribution < 1.29 is 14.3 Å². The number of ether oxygens (including phenoxy) is 1. The van der Waals surface area contributed by atoms with E-state index in [-0.39, 0.29) is 12.5 Å². The van der Waals surface area contributed by atoms with Gasteiger partial charge < -0.3 is 9.64 Å². The van der Waals surface area contributed by atoms with E-state index in [1.165, 1.54) is 0 Å². The number of nitrogens with zero attached hydrogens (tertiary/aromatic N) is 1. The Morgan fingerprint density at radius 1 is 1.23 bits per heavy atom. The number of amides is 1. The molecule has 0 bridgehead atoms. The monoisotopic (exact) mass is 361 g/mol. The molecule has 0 aliphatic rings. The van der Waals surface area contributed by atoms with Gasteiger partial charge in [0.05, 0.1) is 5.56 Å². The molecule has 0 aliphatic heterocycles. The Bertz CT molecular complexity index is 658. The van der Waals surface area contributed by atoms with E-state index in [0.29, 0.717) is 24.1 Å². The van der Waals surface area contributed by atoms with Crippen molar-refractivity contribution in [3.8, 4) is 5.75 Å². The number of carbonyl (C=O) groups is 2. The first-order valence-electron chi connectivity index (χ1n) is 6.88. The molecular formula is C17H16BrNO3. The smallest absolute Gasteiger partial charge is 0.264 e. The predicted octanol–water partition coefficient (Wildman–Crippen LogP) is 3.69. The molecule has 0 radical (unpaired) electrons. The van der Waals surface area contributed by atoms with Crippen LogP contribution in [0.2, 0.25) is 0 Å². The van der Waals surface area contributed by atoms with Gasteiger partial charge in [-0.05, 0) is 37.3 Å². The minimum absolute atomic E-state index is 0.120. The van der Waals surface area contributed by atoms with Crippen LogP contribution in [0.15, 0.2) is 53.0 Å². The van der Waals surface area contributed by atoms with Crippen molar-refractivity contribution >= 4 is 33.8 Å². The lowest BCUT2D eigenvalue weighted by atomic mass is 10.2. The second-order valence-electron chi connectivity index (χ2n) is 4.56. The van der Waals surface area contributed by atoms with E-state index >= 15 is 0 Å². The maximum absolute atomic E-state index is 12.3. The van der Waals surface area contributed by atoms with Crippen LogP contribution in [-0.4, -0.2) is 25.3 Å². The van der Waals surface area contributed by atoms with Crippen LogP contribution in [0.3, 0.4) is 0 Å². The Morgan fingerprint density at radius 3 is 2.59 bits per heavy atom. The number of rotatable bonds is 6. The SMILES string of the molecule is CCN(C(=O)COc1ccc(Br)cc1C=O)c1ccccc1. The van der Waals surface area contributed by atoms with Gasteiger partial charge in [0.1, 0.15) is 5.75 Å². The fourth-order valence-corrected chi connectivity index (χ4v) is 2.45. The number of hydrogen-bond acceptors (Lipinski definition) is 3. The molecule has 0 fully saturated rings.